The third-order valence-corrected chi connectivity index (χ3v) is 2.40. The maximum absolute atomic E-state index is 5.72. The summed E-state index contributed by atoms with van der Waals surface area (Å²) < 4.78 is 5.06. The molecule has 0 aliphatic rings. The summed E-state index contributed by atoms with van der Waals surface area (Å²) in [4.78, 5) is 2.40. The van der Waals surface area contributed by atoms with Crippen LogP contribution in [0.3, 0.4) is 0 Å². The fourth-order valence-electron chi connectivity index (χ4n) is 1.59. The summed E-state index contributed by atoms with van der Waals surface area (Å²) in [7, 11) is 1.74. The quantitative estimate of drug-likeness (QED) is 0.619. The number of nitrogens with zero attached hydrogens (tertiary/aromatic N) is 1. The molecule has 0 saturated carbocycles. The molecule has 0 fully saturated rings. The maximum atomic E-state index is 5.72. The normalized spacial score (nSPS) is 13.6. The lowest BCUT2D eigenvalue weighted by Crippen LogP contribution is -2.42. The number of likely N-dealkylation sites (N-methyl/N-ethyl adjacent to an activating group) is 1. The van der Waals surface area contributed by atoms with Crippen LogP contribution in [0.15, 0.2) is 0 Å². The first kappa shape index (κ1) is 12.9. The molecular weight excluding hydrogens is 164 g/mol. The number of hydrogen-bond donors (Lipinski definition) is 1. The molecule has 0 aromatic rings. The van der Waals surface area contributed by atoms with Crippen LogP contribution < -0.4 is 5.73 Å². The van der Waals surface area contributed by atoms with Crippen LogP contribution >= 0.6 is 0 Å². The van der Waals surface area contributed by atoms with Gasteiger partial charge in [0.25, 0.3) is 0 Å². The summed E-state index contributed by atoms with van der Waals surface area (Å²) >= 11 is 0. The zero-order valence-electron chi connectivity index (χ0n) is 9.25. The minimum atomic E-state index is 0.533. The Labute approximate surface area is 82.2 Å². The van der Waals surface area contributed by atoms with Gasteiger partial charge in [0.05, 0.1) is 6.61 Å². The van der Waals surface area contributed by atoms with E-state index in [1.165, 1.54) is 12.8 Å². The van der Waals surface area contributed by atoms with Crippen LogP contribution in [0.4, 0.5) is 0 Å². The standard InChI is InChI=1S/C10H24N2O/c1-4-6-10(9-11)12(5-2)7-8-13-3/h10H,4-9,11H2,1-3H3. The molecule has 0 heterocycles. The summed E-state index contributed by atoms with van der Waals surface area (Å²) in [6, 6.07) is 0.533. The molecule has 0 aromatic carbocycles. The number of ether oxygens (including phenoxy) is 1. The third kappa shape index (κ3) is 5.24. The molecule has 3 heteroatoms. The van der Waals surface area contributed by atoms with Crippen molar-refractivity contribution in [3.63, 3.8) is 0 Å². The predicted octanol–water partition coefficient (Wildman–Crippen LogP) is 1.08. The van der Waals surface area contributed by atoms with E-state index in [0.717, 1.165) is 26.2 Å². The van der Waals surface area contributed by atoms with E-state index in [-0.39, 0.29) is 0 Å². The smallest absolute Gasteiger partial charge is 0.0589 e. The minimum absolute atomic E-state index is 0.533. The molecule has 1 atom stereocenters. The van der Waals surface area contributed by atoms with E-state index in [1.54, 1.807) is 7.11 Å². The predicted molar refractivity (Wildman–Crippen MR) is 56.9 cm³/mol. The molecule has 0 aromatic heterocycles. The van der Waals surface area contributed by atoms with Gasteiger partial charge in [-0.2, -0.15) is 0 Å². The fraction of sp³-hybridized carbons (Fsp3) is 1.00. The van der Waals surface area contributed by atoms with Crippen LogP contribution in [0, 0.1) is 0 Å². The first-order chi connectivity index (χ1) is 6.29. The fourth-order valence-corrected chi connectivity index (χ4v) is 1.59. The molecule has 80 valence electrons. The van der Waals surface area contributed by atoms with E-state index in [2.05, 4.69) is 18.7 Å². The van der Waals surface area contributed by atoms with Crippen LogP contribution in [0.2, 0.25) is 0 Å². The van der Waals surface area contributed by atoms with Crippen molar-refractivity contribution in [2.75, 3.05) is 33.4 Å². The average Bonchev–Trinajstić information content (AvgIpc) is 2.17. The van der Waals surface area contributed by atoms with Crippen molar-refractivity contribution < 1.29 is 4.74 Å². The van der Waals surface area contributed by atoms with Gasteiger partial charge in [-0.15, -0.1) is 0 Å². The Morgan fingerprint density at radius 1 is 1.38 bits per heavy atom. The van der Waals surface area contributed by atoms with Gasteiger partial charge in [0.15, 0.2) is 0 Å². The van der Waals surface area contributed by atoms with Gasteiger partial charge in [0.1, 0.15) is 0 Å². The summed E-state index contributed by atoms with van der Waals surface area (Å²) in [5.41, 5.74) is 5.72. The summed E-state index contributed by atoms with van der Waals surface area (Å²) in [6.45, 7) is 7.99. The lowest BCUT2D eigenvalue weighted by atomic mass is 10.1. The van der Waals surface area contributed by atoms with Crippen LogP contribution in [-0.2, 0) is 4.74 Å². The van der Waals surface area contributed by atoms with Crippen molar-refractivity contribution in [2.24, 2.45) is 5.73 Å². The molecule has 0 aliphatic heterocycles. The van der Waals surface area contributed by atoms with Crippen LogP contribution in [-0.4, -0.2) is 44.3 Å². The van der Waals surface area contributed by atoms with Gasteiger partial charge < -0.3 is 10.5 Å². The summed E-state index contributed by atoms with van der Waals surface area (Å²) in [5, 5.41) is 0. The van der Waals surface area contributed by atoms with Crippen molar-refractivity contribution in [3.8, 4) is 0 Å². The maximum Gasteiger partial charge on any atom is 0.0589 e. The monoisotopic (exact) mass is 188 g/mol. The van der Waals surface area contributed by atoms with Gasteiger partial charge in [-0.25, -0.2) is 0 Å². The minimum Gasteiger partial charge on any atom is -0.383 e. The van der Waals surface area contributed by atoms with Gasteiger partial charge in [-0.05, 0) is 13.0 Å². The number of hydrogen-bond acceptors (Lipinski definition) is 3. The molecule has 0 amide bonds. The lowest BCUT2D eigenvalue weighted by Gasteiger charge is -2.29. The Morgan fingerprint density at radius 3 is 2.46 bits per heavy atom. The Hall–Kier alpha value is -0.120. The van der Waals surface area contributed by atoms with Crippen molar-refractivity contribution in [3.05, 3.63) is 0 Å². The summed E-state index contributed by atoms with van der Waals surface area (Å²) in [6.07, 6.45) is 2.39. The van der Waals surface area contributed by atoms with Crippen molar-refractivity contribution in [2.45, 2.75) is 32.7 Å². The molecule has 0 bridgehead atoms. The molecule has 0 spiro atoms. The number of nitrogens with two attached hydrogens (primary N) is 1. The second-order valence-electron chi connectivity index (χ2n) is 3.30. The van der Waals surface area contributed by atoms with Gasteiger partial charge in [-0.3, -0.25) is 4.90 Å². The van der Waals surface area contributed by atoms with E-state index in [1.807, 2.05) is 0 Å². The van der Waals surface area contributed by atoms with Gasteiger partial charge in [0, 0.05) is 26.2 Å². The van der Waals surface area contributed by atoms with Crippen molar-refractivity contribution in [1.29, 1.82) is 0 Å². The highest BCUT2D eigenvalue weighted by molar-refractivity contribution is 4.70. The highest BCUT2D eigenvalue weighted by Crippen LogP contribution is 2.05. The lowest BCUT2D eigenvalue weighted by molar-refractivity contribution is 0.122. The Bertz CT molecular complexity index is 109. The van der Waals surface area contributed by atoms with Crippen LogP contribution in [0.25, 0.3) is 0 Å². The van der Waals surface area contributed by atoms with Crippen LogP contribution in [0.1, 0.15) is 26.7 Å². The van der Waals surface area contributed by atoms with Crippen molar-refractivity contribution >= 4 is 0 Å². The van der Waals surface area contributed by atoms with E-state index < -0.39 is 0 Å². The molecule has 0 saturated heterocycles. The van der Waals surface area contributed by atoms with Gasteiger partial charge in [0.2, 0.25) is 0 Å². The van der Waals surface area contributed by atoms with Gasteiger partial charge >= 0.3 is 0 Å². The largest absolute Gasteiger partial charge is 0.383 e. The van der Waals surface area contributed by atoms with E-state index in [9.17, 15) is 0 Å². The zero-order valence-corrected chi connectivity index (χ0v) is 9.25. The molecule has 1 unspecified atom stereocenters. The SMILES string of the molecule is CCCC(CN)N(CC)CCOC. The first-order valence-corrected chi connectivity index (χ1v) is 5.23. The molecule has 13 heavy (non-hydrogen) atoms. The second kappa shape index (κ2) is 8.48. The number of methoxy groups -OCH3 is 1. The molecular formula is C10H24N2O. The first-order valence-electron chi connectivity index (χ1n) is 5.23. The Morgan fingerprint density at radius 2 is 2.08 bits per heavy atom. The molecule has 0 aliphatic carbocycles. The van der Waals surface area contributed by atoms with E-state index in [0.29, 0.717) is 6.04 Å². The number of rotatable bonds is 8. The van der Waals surface area contributed by atoms with Crippen molar-refractivity contribution in [1.82, 2.24) is 4.90 Å². The average molecular weight is 188 g/mol. The molecule has 0 radical (unpaired) electrons. The van der Waals surface area contributed by atoms with E-state index >= 15 is 0 Å². The molecule has 2 N–H and O–H groups in total. The van der Waals surface area contributed by atoms with Gasteiger partial charge in [-0.1, -0.05) is 20.3 Å². The Balaban J connectivity index is 3.84. The van der Waals surface area contributed by atoms with E-state index in [4.69, 9.17) is 10.5 Å². The highest BCUT2D eigenvalue weighted by atomic mass is 16.5. The zero-order chi connectivity index (χ0) is 10.1. The Kier molecular flexibility index (Phi) is 8.40. The molecule has 3 nitrogen and oxygen atoms in total. The topological polar surface area (TPSA) is 38.5 Å². The summed E-state index contributed by atoms with van der Waals surface area (Å²) in [5.74, 6) is 0. The second-order valence-corrected chi connectivity index (χ2v) is 3.30. The van der Waals surface area contributed by atoms with Crippen LogP contribution in [0.5, 0.6) is 0 Å². The highest BCUT2D eigenvalue weighted by Gasteiger charge is 2.13. The molecule has 0 rings (SSSR count). The third-order valence-electron chi connectivity index (χ3n) is 2.40.